The summed E-state index contributed by atoms with van der Waals surface area (Å²) in [6, 6.07) is 2.24. The maximum Gasteiger partial charge on any atom is 0.329 e. The molecule has 0 radical (unpaired) electrons. The number of rotatable bonds is 4. The Morgan fingerprint density at radius 2 is 2.11 bits per heavy atom. The van der Waals surface area contributed by atoms with Crippen molar-refractivity contribution in [2.75, 3.05) is 6.61 Å². The van der Waals surface area contributed by atoms with E-state index in [1.165, 1.54) is 24.5 Å². The first kappa shape index (κ1) is 14.7. The van der Waals surface area contributed by atoms with Crippen molar-refractivity contribution in [2.45, 2.75) is 26.8 Å². The second-order valence-corrected chi connectivity index (χ2v) is 4.11. The summed E-state index contributed by atoms with van der Waals surface area (Å²) >= 11 is 0. The highest BCUT2D eigenvalue weighted by molar-refractivity contribution is 5.93. The van der Waals surface area contributed by atoms with E-state index in [-0.39, 0.29) is 18.0 Å². The van der Waals surface area contributed by atoms with Crippen molar-refractivity contribution in [3.8, 4) is 12.3 Å². The van der Waals surface area contributed by atoms with E-state index in [9.17, 15) is 14.4 Å². The number of ketones is 1. The van der Waals surface area contributed by atoms with Crippen molar-refractivity contribution in [2.24, 2.45) is 0 Å². The van der Waals surface area contributed by atoms with Crippen LogP contribution in [0.2, 0.25) is 0 Å². The van der Waals surface area contributed by atoms with E-state index < -0.39 is 17.6 Å². The van der Waals surface area contributed by atoms with Gasteiger partial charge in [0.05, 0.1) is 5.56 Å². The Hall–Kier alpha value is -2.35. The number of terminal acetylenes is 1. The minimum absolute atomic E-state index is 0.0437. The van der Waals surface area contributed by atoms with Crippen molar-refractivity contribution < 1.29 is 14.3 Å². The summed E-state index contributed by atoms with van der Waals surface area (Å²) in [4.78, 5) is 35.2. The Bertz CT molecular complexity index is 607. The van der Waals surface area contributed by atoms with Gasteiger partial charge in [-0.2, -0.15) is 0 Å². The van der Waals surface area contributed by atoms with Crippen molar-refractivity contribution in [3.05, 3.63) is 33.7 Å². The molecule has 0 spiro atoms. The van der Waals surface area contributed by atoms with Crippen LogP contribution in [0.3, 0.4) is 0 Å². The number of hydrogen-bond donors (Lipinski definition) is 0. The van der Waals surface area contributed by atoms with Gasteiger partial charge in [-0.3, -0.25) is 14.2 Å². The van der Waals surface area contributed by atoms with Crippen LogP contribution < -0.4 is 5.56 Å². The molecule has 5 nitrogen and oxygen atoms in total. The molecular formula is C14H15NO4. The maximum atomic E-state index is 12.1. The van der Waals surface area contributed by atoms with Gasteiger partial charge in [0.1, 0.15) is 6.04 Å². The molecule has 1 aromatic rings. The second-order valence-electron chi connectivity index (χ2n) is 4.11. The molecule has 0 amide bonds. The van der Waals surface area contributed by atoms with E-state index in [2.05, 4.69) is 5.92 Å². The van der Waals surface area contributed by atoms with E-state index in [4.69, 9.17) is 11.2 Å². The molecule has 0 bridgehead atoms. The molecule has 0 saturated carbocycles. The minimum Gasteiger partial charge on any atom is -0.451 e. The molecule has 100 valence electrons. The molecule has 1 rings (SSSR count). The van der Waals surface area contributed by atoms with Crippen molar-refractivity contribution in [1.82, 2.24) is 4.57 Å². The third kappa shape index (κ3) is 3.10. The fourth-order valence-corrected chi connectivity index (χ4v) is 1.73. The number of Topliss-reactive ketones (excluding diaryl/α,β-unsaturated/α-hetero) is 1. The first-order chi connectivity index (χ1) is 8.90. The molecule has 0 aliphatic rings. The fraction of sp³-hybridized carbons (Fsp3) is 0.357. The molecule has 1 heterocycles. The van der Waals surface area contributed by atoms with Crippen LogP contribution in [-0.4, -0.2) is 22.9 Å². The standard InChI is InChI=1S/C14H15NO4/c1-5-8-19-14(18)10(3)15-9(2)6-7-12(11(4)16)13(15)17/h1,6-7,10H,8H2,2-4H3. The van der Waals surface area contributed by atoms with Crippen LogP contribution >= 0.6 is 0 Å². The third-order valence-corrected chi connectivity index (χ3v) is 2.73. The summed E-state index contributed by atoms with van der Waals surface area (Å²) in [5, 5.41) is 0. The lowest BCUT2D eigenvalue weighted by Crippen LogP contribution is -2.33. The smallest absolute Gasteiger partial charge is 0.329 e. The van der Waals surface area contributed by atoms with Crippen LogP contribution in [0.15, 0.2) is 16.9 Å². The molecular weight excluding hydrogens is 246 g/mol. The normalized spacial score (nSPS) is 11.5. The zero-order chi connectivity index (χ0) is 14.6. The molecule has 0 saturated heterocycles. The first-order valence-electron chi connectivity index (χ1n) is 5.73. The van der Waals surface area contributed by atoms with Gasteiger partial charge in [0.2, 0.25) is 0 Å². The Kier molecular flexibility index (Phi) is 4.65. The van der Waals surface area contributed by atoms with Gasteiger partial charge in [0.15, 0.2) is 12.4 Å². The Balaban J connectivity index is 3.23. The lowest BCUT2D eigenvalue weighted by atomic mass is 10.1. The molecule has 5 heteroatoms. The molecule has 19 heavy (non-hydrogen) atoms. The Morgan fingerprint density at radius 3 is 2.63 bits per heavy atom. The van der Waals surface area contributed by atoms with E-state index >= 15 is 0 Å². The first-order valence-corrected chi connectivity index (χ1v) is 5.73. The lowest BCUT2D eigenvalue weighted by molar-refractivity contribution is -0.145. The maximum absolute atomic E-state index is 12.1. The average molecular weight is 261 g/mol. The fourth-order valence-electron chi connectivity index (χ4n) is 1.73. The Morgan fingerprint density at radius 1 is 1.47 bits per heavy atom. The number of nitrogens with zero attached hydrogens (tertiary/aromatic N) is 1. The van der Waals surface area contributed by atoms with Crippen LogP contribution in [-0.2, 0) is 9.53 Å². The van der Waals surface area contributed by atoms with E-state index in [0.29, 0.717) is 5.69 Å². The number of aromatic nitrogens is 1. The number of hydrogen-bond acceptors (Lipinski definition) is 4. The van der Waals surface area contributed by atoms with Crippen molar-refractivity contribution in [3.63, 3.8) is 0 Å². The molecule has 1 unspecified atom stereocenters. The van der Waals surface area contributed by atoms with Gasteiger partial charge in [0.25, 0.3) is 5.56 Å². The van der Waals surface area contributed by atoms with Crippen molar-refractivity contribution in [1.29, 1.82) is 0 Å². The van der Waals surface area contributed by atoms with E-state index in [1.807, 2.05) is 0 Å². The number of aryl methyl sites for hydroxylation is 1. The topological polar surface area (TPSA) is 65.4 Å². The zero-order valence-corrected chi connectivity index (χ0v) is 11.1. The largest absolute Gasteiger partial charge is 0.451 e. The van der Waals surface area contributed by atoms with Crippen LogP contribution in [0.25, 0.3) is 0 Å². The van der Waals surface area contributed by atoms with Crippen LogP contribution in [0.5, 0.6) is 0 Å². The van der Waals surface area contributed by atoms with Gasteiger partial charge < -0.3 is 4.74 Å². The molecule has 0 N–H and O–H groups in total. The third-order valence-electron chi connectivity index (χ3n) is 2.73. The molecule has 1 aromatic heterocycles. The summed E-state index contributed by atoms with van der Waals surface area (Å²) in [7, 11) is 0. The van der Waals surface area contributed by atoms with Crippen molar-refractivity contribution >= 4 is 11.8 Å². The summed E-state index contributed by atoms with van der Waals surface area (Å²) in [5.41, 5.74) is 0.111. The summed E-state index contributed by atoms with van der Waals surface area (Å²) in [5.74, 6) is 1.23. The number of ether oxygens (including phenoxy) is 1. The van der Waals surface area contributed by atoms with Gasteiger partial charge in [-0.25, -0.2) is 4.79 Å². The highest BCUT2D eigenvalue weighted by Gasteiger charge is 2.21. The zero-order valence-electron chi connectivity index (χ0n) is 11.1. The average Bonchev–Trinajstić information content (AvgIpc) is 2.35. The van der Waals surface area contributed by atoms with Gasteiger partial charge >= 0.3 is 5.97 Å². The minimum atomic E-state index is -0.833. The van der Waals surface area contributed by atoms with E-state index in [0.717, 1.165) is 0 Å². The number of pyridine rings is 1. The highest BCUT2D eigenvalue weighted by Crippen LogP contribution is 2.10. The van der Waals surface area contributed by atoms with Crippen LogP contribution in [0.1, 0.15) is 35.9 Å². The predicted octanol–water partition coefficient (Wildman–Crippen LogP) is 1.10. The quantitative estimate of drug-likeness (QED) is 0.462. The number of esters is 1. The summed E-state index contributed by atoms with van der Waals surface area (Å²) in [6.45, 7) is 4.36. The summed E-state index contributed by atoms with van der Waals surface area (Å²) in [6.07, 6.45) is 5.00. The molecule has 0 aromatic carbocycles. The predicted molar refractivity (Wildman–Crippen MR) is 69.9 cm³/mol. The van der Waals surface area contributed by atoms with E-state index in [1.54, 1.807) is 13.0 Å². The second kappa shape index (κ2) is 6.01. The number of carbonyl (C=O) groups is 2. The molecule has 1 atom stereocenters. The molecule has 0 aliphatic carbocycles. The van der Waals surface area contributed by atoms with Crippen LogP contribution in [0, 0.1) is 19.3 Å². The monoisotopic (exact) mass is 261 g/mol. The summed E-state index contributed by atoms with van der Waals surface area (Å²) < 4.78 is 6.03. The van der Waals surface area contributed by atoms with Gasteiger partial charge in [-0.05, 0) is 32.9 Å². The van der Waals surface area contributed by atoms with Gasteiger partial charge in [0, 0.05) is 5.69 Å². The SMILES string of the molecule is C#CCOC(=O)C(C)n1c(C)ccc(C(C)=O)c1=O. The molecule has 0 fully saturated rings. The number of carbonyl (C=O) groups excluding carboxylic acids is 2. The lowest BCUT2D eigenvalue weighted by Gasteiger charge is -2.17. The van der Waals surface area contributed by atoms with Gasteiger partial charge in [-0.15, -0.1) is 6.42 Å². The molecule has 0 aliphatic heterocycles. The Labute approximate surface area is 111 Å². The van der Waals surface area contributed by atoms with Gasteiger partial charge in [-0.1, -0.05) is 5.92 Å². The van der Waals surface area contributed by atoms with Crippen LogP contribution in [0.4, 0.5) is 0 Å². The highest BCUT2D eigenvalue weighted by atomic mass is 16.5.